The third kappa shape index (κ3) is 5.05. The molecule has 3 aromatic rings. The van der Waals surface area contributed by atoms with Crippen LogP contribution in [0, 0.1) is 12.7 Å². The number of carbonyl (C=O) groups excluding carboxylic acids is 2. The van der Waals surface area contributed by atoms with E-state index in [0.717, 1.165) is 10.5 Å². The summed E-state index contributed by atoms with van der Waals surface area (Å²) >= 11 is 1.31. The molecule has 3 nitrogen and oxygen atoms in total. The Labute approximate surface area is 161 Å². The SMILES string of the molecule is Cc1ccc(NC(=O)CSc2ccc(F)cc2)c(C(=O)c2ccccc2)c1. The number of rotatable bonds is 6. The average Bonchev–Trinajstić information content (AvgIpc) is 2.69. The number of thioether (sulfide) groups is 1. The second-order valence-corrected chi connectivity index (χ2v) is 7.08. The monoisotopic (exact) mass is 379 g/mol. The molecule has 27 heavy (non-hydrogen) atoms. The quantitative estimate of drug-likeness (QED) is 0.479. The molecule has 0 aliphatic carbocycles. The van der Waals surface area contributed by atoms with E-state index in [-0.39, 0.29) is 23.3 Å². The van der Waals surface area contributed by atoms with E-state index >= 15 is 0 Å². The van der Waals surface area contributed by atoms with Crippen molar-refractivity contribution in [2.75, 3.05) is 11.1 Å². The predicted molar refractivity (Wildman–Crippen MR) is 107 cm³/mol. The summed E-state index contributed by atoms with van der Waals surface area (Å²) in [7, 11) is 0. The van der Waals surface area contributed by atoms with Crippen molar-refractivity contribution in [3.05, 3.63) is 95.3 Å². The number of halogens is 1. The topological polar surface area (TPSA) is 46.2 Å². The Bertz CT molecular complexity index is 956. The smallest absolute Gasteiger partial charge is 0.234 e. The summed E-state index contributed by atoms with van der Waals surface area (Å²) in [6.45, 7) is 1.90. The van der Waals surface area contributed by atoms with Gasteiger partial charge < -0.3 is 5.32 Å². The lowest BCUT2D eigenvalue weighted by Gasteiger charge is -2.12. The minimum Gasteiger partial charge on any atom is -0.325 e. The highest BCUT2D eigenvalue weighted by molar-refractivity contribution is 8.00. The molecule has 136 valence electrons. The van der Waals surface area contributed by atoms with Gasteiger partial charge in [-0.15, -0.1) is 11.8 Å². The van der Waals surface area contributed by atoms with Gasteiger partial charge in [0, 0.05) is 16.0 Å². The maximum atomic E-state index is 12.9. The van der Waals surface area contributed by atoms with Crippen LogP contribution in [0.5, 0.6) is 0 Å². The van der Waals surface area contributed by atoms with Gasteiger partial charge in [0.25, 0.3) is 0 Å². The Morgan fingerprint density at radius 2 is 1.67 bits per heavy atom. The van der Waals surface area contributed by atoms with Crippen molar-refractivity contribution in [2.45, 2.75) is 11.8 Å². The third-order valence-corrected chi connectivity index (χ3v) is 4.93. The molecule has 0 radical (unpaired) electrons. The predicted octanol–water partition coefficient (Wildman–Crippen LogP) is 5.10. The van der Waals surface area contributed by atoms with Crippen LogP contribution in [-0.4, -0.2) is 17.4 Å². The molecular formula is C22H18FNO2S. The standard InChI is InChI=1S/C22H18FNO2S/c1-15-7-12-20(19(13-15)22(26)16-5-3-2-4-6-16)24-21(25)14-27-18-10-8-17(23)9-11-18/h2-13H,14H2,1H3,(H,24,25). The number of aryl methyl sites for hydroxylation is 1. The summed E-state index contributed by atoms with van der Waals surface area (Å²) in [4.78, 5) is 26.0. The fourth-order valence-electron chi connectivity index (χ4n) is 2.57. The first-order chi connectivity index (χ1) is 13.0. The first-order valence-electron chi connectivity index (χ1n) is 8.41. The molecule has 0 spiro atoms. The summed E-state index contributed by atoms with van der Waals surface area (Å²) in [6.07, 6.45) is 0. The molecule has 0 saturated heterocycles. The van der Waals surface area contributed by atoms with E-state index in [1.54, 1.807) is 48.5 Å². The molecule has 1 N–H and O–H groups in total. The van der Waals surface area contributed by atoms with Crippen molar-refractivity contribution in [1.29, 1.82) is 0 Å². The molecule has 0 fully saturated rings. The number of hydrogen-bond acceptors (Lipinski definition) is 3. The van der Waals surface area contributed by atoms with Gasteiger partial charge in [0.1, 0.15) is 5.82 Å². The molecule has 3 aromatic carbocycles. The molecule has 0 aromatic heterocycles. The Hall–Kier alpha value is -2.92. The normalized spacial score (nSPS) is 10.4. The number of anilines is 1. The van der Waals surface area contributed by atoms with Crippen LogP contribution >= 0.6 is 11.8 Å². The van der Waals surface area contributed by atoms with E-state index in [9.17, 15) is 14.0 Å². The summed E-state index contributed by atoms with van der Waals surface area (Å²) in [5.41, 5.74) is 2.45. The van der Waals surface area contributed by atoms with Crippen LogP contribution in [-0.2, 0) is 4.79 Å². The maximum Gasteiger partial charge on any atom is 0.234 e. The van der Waals surface area contributed by atoms with E-state index in [4.69, 9.17) is 0 Å². The van der Waals surface area contributed by atoms with Crippen LogP contribution in [0.15, 0.2) is 77.7 Å². The third-order valence-electron chi connectivity index (χ3n) is 3.91. The van der Waals surface area contributed by atoms with Crippen LogP contribution in [0.2, 0.25) is 0 Å². The van der Waals surface area contributed by atoms with Gasteiger partial charge in [-0.1, -0.05) is 42.0 Å². The minimum absolute atomic E-state index is 0.138. The number of carbonyl (C=O) groups is 2. The summed E-state index contributed by atoms with van der Waals surface area (Å²) < 4.78 is 12.9. The Balaban J connectivity index is 1.73. The van der Waals surface area contributed by atoms with Gasteiger partial charge in [-0.2, -0.15) is 0 Å². The number of ketones is 1. The molecule has 0 saturated carbocycles. The fraction of sp³-hybridized carbons (Fsp3) is 0.0909. The molecule has 0 bridgehead atoms. The highest BCUT2D eigenvalue weighted by atomic mass is 32.2. The van der Waals surface area contributed by atoms with Crippen LogP contribution in [0.1, 0.15) is 21.5 Å². The molecule has 0 aliphatic heterocycles. The van der Waals surface area contributed by atoms with Crippen LogP contribution in [0.4, 0.5) is 10.1 Å². The van der Waals surface area contributed by atoms with Gasteiger partial charge in [-0.3, -0.25) is 9.59 Å². The molecule has 0 unspecified atom stereocenters. The number of nitrogens with one attached hydrogen (secondary N) is 1. The van der Waals surface area contributed by atoms with Gasteiger partial charge in [-0.25, -0.2) is 4.39 Å². The first kappa shape index (κ1) is 18.9. The first-order valence-corrected chi connectivity index (χ1v) is 9.40. The van der Waals surface area contributed by atoms with Crippen LogP contribution in [0.3, 0.4) is 0 Å². The average molecular weight is 379 g/mol. The summed E-state index contributed by atoms with van der Waals surface area (Å²) in [5, 5.41) is 2.82. The van der Waals surface area contributed by atoms with E-state index < -0.39 is 0 Å². The van der Waals surface area contributed by atoms with Gasteiger partial charge in [0.2, 0.25) is 5.91 Å². The number of hydrogen-bond donors (Lipinski definition) is 1. The second kappa shape index (κ2) is 8.64. The van der Waals surface area contributed by atoms with E-state index in [1.807, 2.05) is 19.1 Å². The molecule has 0 atom stereocenters. The Morgan fingerprint density at radius 3 is 2.37 bits per heavy atom. The molecule has 0 aliphatic rings. The number of benzene rings is 3. The van der Waals surface area contributed by atoms with Crippen molar-refractivity contribution < 1.29 is 14.0 Å². The highest BCUT2D eigenvalue weighted by Crippen LogP contribution is 2.23. The zero-order chi connectivity index (χ0) is 19.2. The zero-order valence-electron chi connectivity index (χ0n) is 14.7. The van der Waals surface area contributed by atoms with Crippen LogP contribution in [0.25, 0.3) is 0 Å². The van der Waals surface area contributed by atoms with Crippen molar-refractivity contribution >= 4 is 29.1 Å². The molecule has 3 rings (SSSR count). The van der Waals surface area contributed by atoms with Crippen molar-refractivity contribution in [3.63, 3.8) is 0 Å². The largest absolute Gasteiger partial charge is 0.325 e. The summed E-state index contributed by atoms with van der Waals surface area (Å²) in [6, 6.07) is 20.3. The van der Waals surface area contributed by atoms with Gasteiger partial charge in [-0.05, 0) is 43.3 Å². The van der Waals surface area contributed by atoms with Crippen molar-refractivity contribution in [3.8, 4) is 0 Å². The lowest BCUT2D eigenvalue weighted by Crippen LogP contribution is -2.17. The fourth-order valence-corrected chi connectivity index (χ4v) is 3.26. The van der Waals surface area contributed by atoms with Crippen molar-refractivity contribution in [1.82, 2.24) is 0 Å². The van der Waals surface area contributed by atoms with Gasteiger partial charge in [0.15, 0.2) is 5.78 Å². The highest BCUT2D eigenvalue weighted by Gasteiger charge is 2.15. The minimum atomic E-state index is -0.312. The zero-order valence-corrected chi connectivity index (χ0v) is 15.6. The Morgan fingerprint density at radius 1 is 0.963 bits per heavy atom. The van der Waals surface area contributed by atoms with E-state index in [2.05, 4.69) is 5.32 Å². The van der Waals surface area contributed by atoms with Crippen LogP contribution < -0.4 is 5.32 Å². The molecular weight excluding hydrogens is 361 g/mol. The van der Waals surface area contributed by atoms with E-state index in [1.165, 1.54) is 23.9 Å². The lowest BCUT2D eigenvalue weighted by molar-refractivity contribution is -0.113. The van der Waals surface area contributed by atoms with Crippen molar-refractivity contribution in [2.24, 2.45) is 0 Å². The molecule has 1 amide bonds. The van der Waals surface area contributed by atoms with Gasteiger partial charge >= 0.3 is 0 Å². The van der Waals surface area contributed by atoms with E-state index in [0.29, 0.717) is 16.8 Å². The number of amides is 1. The molecule has 0 heterocycles. The second-order valence-electron chi connectivity index (χ2n) is 6.03. The molecule has 5 heteroatoms. The Kier molecular flexibility index (Phi) is 6.04. The summed E-state index contributed by atoms with van der Waals surface area (Å²) in [5.74, 6) is -0.512. The maximum absolute atomic E-state index is 12.9. The van der Waals surface area contributed by atoms with Gasteiger partial charge in [0.05, 0.1) is 11.4 Å². The lowest BCUT2D eigenvalue weighted by atomic mass is 10.00.